The highest BCUT2D eigenvalue weighted by Crippen LogP contribution is 2.51. The maximum absolute atomic E-state index is 13.0. The molecule has 1 fully saturated rings. The molecule has 0 unspecified atom stereocenters. The third kappa shape index (κ3) is 2.86. The van der Waals surface area contributed by atoms with Crippen molar-refractivity contribution in [1.82, 2.24) is 9.55 Å². The Hall–Kier alpha value is -1.22. The second-order valence-electron chi connectivity index (χ2n) is 4.26. The normalized spacial score (nSPS) is 27.7. The summed E-state index contributed by atoms with van der Waals surface area (Å²) in [4.78, 5) is 15.1. The van der Waals surface area contributed by atoms with Crippen molar-refractivity contribution >= 4 is 17.6 Å². The Morgan fingerprint density at radius 2 is 2.26 bits per heavy atom. The summed E-state index contributed by atoms with van der Waals surface area (Å²) >= 11 is 0.931. The molecular weight excluding hydrogens is 283 g/mol. The van der Waals surface area contributed by atoms with Crippen LogP contribution in [0.15, 0.2) is 17.1 Å². The lowest BCUT2D eigenvalue weighted by Gasteiger charge is -2.22. The monoisotopic (exact) mass is 295 g/mol. The largest absolute Gasteiger partial charge is 0.395 e. The summed E-state index contributed by atoms with van der Waals surface area (Å²) in [5.74, 6) is -1.72. The van der Waals surface area contributed by atoms with Crippen molar-refractivity contribution in [3.8, 4) is 0 Å². The van der Waals surface area contributed by atoms with Crippen LogP contribution in [0.2, 0.25) is 0 Å². The SMILES string of the molecule is Nc1ccn([C@@H]2S[C@@H](CO)C[C@@H]2C(F)(F)F)c(=O)n1. The van der Waals surface area contributed by atoms with E-state index < -0.39 is 28.4 Å². The number of thioether (sulfide) groups is 1. The molecule has 1 aromatic rings. The summed E-state index contributed by atoms with van der Waals surface area (Å²) in [6.07, 6.45) is -3.44. The van der Waals surface area contributed by atoms with Crippen LogP contribution in [0.3, 0.4) is 0 Å². The van der Waals surface area contributed by atoms with Gasteiger partial charge in [-0.1, -0.05) is 0 Å². The highest BCUT2D eigenvalue weighted by atomic mass is 32.2. The van der Waals surface area contributed by atoms with Gasteiger partial charge in [0.1, 0.15) is 5.82 Å². The van der Waals surface area contributed by atoms with Crippen LogP contribution in [0, 0.1) is 5.92 Å². The second-order valence-corrected chi connectivity index (χ2v) is 5.68. The molecule has 1 aliphatic rings. The first kappa shape index (κ1) is 14.2. The van der Waals surface area contributed by atoms with Crippen molar-refractivity contribution < 1.29 is 18.3 Å². The highest BCUT2D eigenvalue weighted by Gasteiger charge is 2.51. The van der Waals surface area contributed by atoms with E-state index in [4.69, 9.17) is 10.8 Å². The number of aromatic nitrogens is 2. The minimum atomic E-state index is -4.43. The molecule has 2 rings (SSSR count). The first-order chi connectivity index (χ1) is 8.82. The van der Waals surface area contributed by atoms with Gasteiger partial charge in [0.2, 0.25) is 0 Å². The summed E-state index contributed by atoms with van der Waals surface area (Å²) in [6, 6.07) is 1.28. The van der Waals surface area contributed by atoms with E-state index in [0.29, 0.717) is 0 Å². The molecule has 0 amide bonds. The molecule has 1 aliphatic heterocycles. The lowest BCUT2D eigenvalue weighted by molar-refractivity contribution is -0.178. The zero-order chi connectivity index (χ0) is 14.2. The molecule has 0 aliphatic carbocycles. The summed E-state index contributed by atoms with van der Waals surface area (Å²) < 4.78 is 39.8. The van der Waals surface area contributed by atoms with E-state index >= 15 is 0 Å². The standard InChI is InChI=1S/C10H12F3N3O2S/c11-10(12,13)6-3-5(4-17)19-8(6)16-2-1-7(14)15-9(16)18/h1-2,5-6,8,17H,3-4H2,(H2,14,15,18)/t5-,6+,8-/m1/s1. The molecule has 1 saturated heterocycles. The summed E-state index contributed by atoms with van der Waals surface area (Å²) in [5.41, 5.74) is 4.49. The van der Waals surface area contributed by atoms with Crippen LogP contribution < -0.4 is 11.4 Å². The summed E-state index contributed by atoms with van der Waals surface area (Å²) in [6.45, 7) is -0.356. The predicted molar refractivity (Wildman–Crippen MR) is 64.6 cm³/mol. The molecular formula is C10H12F3N3O2S. The molecule has 2 heterocycles. The fourth-order valence-electron chi connectivity index (χ4n) is 2.04. The molecule has 0 spiro atoms. The van der Waals surface area contributed by atoms with Gasteiger partial charge >= 0.3 is 11.9 Å². The van der Waals surface area contributed by atoms with Crippen LogP contribution in [0.25, 0.3) is 0 Å². The Labute approximate surface area is 110 Å². The lowest BCUT2D eigenvalue weighted by Crippen LogP contribution is -2.33. The van der Waals surface area contributed by atoms with Gasteiger partial charge in [0.25, 0.3) is 0 Å². The van der Waals surface area contributed by atoms with Crippen molar-refractivity contribution in [3.05, 3.63) is 22.7 Å². The third-order valence-corrected chi connectivity index (χ3v) is 4.50. The number of nitrogens with zero attached hydrogens (tertiary/aromatic N) is 2. The maximum Gasteiger partial charge on any atom is 0.394 e. The quantitative estimate of drug-likeness (QED) is 0.850. The third-order valence-electron chi connectivity index (χ3n) is 2.94. The van der Waals surface area contributed by atoms with E-state index in [1.54, 1.807) is 0 Å². The van der Waals surface area contributed by atoms with E-state index in [1.165, 1.54) is 12.3 Å². The molecule has 0 saturated carbocycles. The Kier molecular flexibility index (Phi) is 3.77. The molecule has 0 bridgehead atoms. The first-order valence-electron chi connectivity index (χ1n) is 5.50. The number of rotatable bonds is 2. The number of hydrogen-bond donors (Lipinski definition) is 2. The van der Waals surface area contributed by atoms with Crippen molar-refractivity contribution in [1.29, 1.82) is 0 Å². The molecule has 9 heteroatoms. The molecule has 3 atom stereocenters. The van der Waals surface area contributed by atoms with Crippen LogP contribution in [0.4, 0.5) is 19.0 Å². The van der Waals surface area contributed by atoms with E-state index in [-0.39, 0.29) is 18.8 Å². The van der Waals surface area contributed by atoms with Crippen LogP contribution in [0.5, 0.6) is 0 Å². The van der Waals surface area contributed by atoms with Gasteiger partial charge in [-0.3, -0.25) is 4.57 Å². The van der Waals surface area contributed by atoms with Crippen molar-refractivity contribution in [2.75, 3.05) is 12.3 Å². The Balaban J connectivity index is 2.38. The minimum Gasteiger partial charge on any atom is -0.395 e. The smallest absolute Gasteiger partial charge is 0.394 e. The van der Waals surface area contributed by atoms with Gasteiger partial charge in [0.05, 0.1) is 17.9 Å². The average molecular weight is 295 g/mol. The van der Waals surface area contributed by atoms with E-state index in [2.05, 4.69) is 4.98 Å². The highest BCUT2D eigenvalue weighted by molar-refractivity contribution is 8.00. The number of hydrogen-bond acceptors (Lipinski definition) is 5. The van der Waals surface area contributed by atoms with Gasteiger partial charge in [0.15, 0.2) is 0 Å². The van der Waals surface area contributed by atoms with E-state index in [0.717, 1.165) is 16.3 Å². The minimum absolute atomic E-state index is 0.0356. The zero-order valence-electron chi connectivity index (χ0n) is 9.67. The lowest BCUT2D eigenvalue weighted by atomic mass is 10.0. The van der Waals surface area contributed by atoms with E-state index in [1.807, 2.05) is 0 Å². The van der Waals surface area contributed by atoms with Crippen LogP contribution >= 0.6 is 11.8 Å². The molecule has 0 radical (unpaired) electrons. The van der Waals surface area contributed by atoms with Crippen LogP contribution in [-0.2, 0) is 0 Å². The number of halogens is 3. The Bertz CT molecular complexity index is 519. The predicted octanol–water partition coefficient (Wildman–Crippen LogP) is 1.00. The van der Waals surface area contributed by atoms with Gasteiger partial charge in [-0.2, -0.15) is 18.2 Å². The number of aliphatic hydroxyl groups excluding tert-OH is 1. The summed E-state index contributed by atoms with van der Waals surface area (Å²) in [5, 5.41) is 7.36. The molecule has 106 valence electrons. The van der Waals surface area contributed by atoms with Crippen molar-refractivity contribution in [2.24, 2.45) is 5.92 Å². The fraction of sp³-hybridized carbons (Fsp3) is 0.600. The summed E-state index contributed by atoms with van der Waals surface area (Å²) in [7, 11) is 0. The van der Waals surface area contributed by atoms with Crippen LogP contribution in [0.1, 0.15) is 11.8 Å². The maximum atomic E-state index is 13.0. The molecule has 3 N–H and O–H groups in total. The number of nitrogens with two attached hydrogens (primary N) is 1. The van der Waals surface area contributed by atoms with Crippen molar-refractivity contribution in [3.63, 3.8) is 0 Å². The zero-order valence-corrected chi connectivity index (χ0v) is 10.5. The number of alkyl halides is 3. The second kappa shape index (κ2) is 5.04. The molecule has 5 nitrogen and oxygen atoms in total. The van der Waals surface area contributed by atoms with Gasteiger partial charge in [-0.25, -0.2) is 4.79 Å². The Morgan fingerprint density at radius 1 is 1.58 bits per heavy atom. The Morgan fingerprint density at radius 3 is 2.79 bits per heavy atom. The topological polar surface area (TPSA) is 81.1 Å². The number of aliphatic hydroxyl groups is 1. The fourth-order valence-corrected chi connectivity index (χ4v) is 3.58. The molecule has 1 aromatic heterocycles. The number of anilines is 1. The van der Waals surface area contributed by atoms with Gasteiger partial charge in [-0.05, 0) is 12.5 Å². The molecule has 0 aromatic carbocycles. The molecule has 19 heavy (non-hydrogen) atoms. The first-order valence-corrected chi connectivity index (χ1v) is 6.45. The van der Waals surface area contributed by atoms with Crippen molar-refractivity contribution in [2.45, 2.75) is 23.2 Å². The van der Waals surface area contributed by atoms with E-state index in [9.17, 15) is 18.0 Å². The van der Waals surface area contributed by atoms with Gasteiger partial charge < -0.3 is 10.8 Å². The van der Waals surface area contributed by atoms with Gasteiger partial charge in [-0.15, -0.1) is 11.8 Å². The number of nitrogen functional groups attached to an aromatic ring is 1. The van der Waals surface area contributed by atoms with Crippen LogP contribution in [-0.4, -0.2) is 32.7 Å². The van der Waals surface area contributed by atoms with Gasteiger partial charge in [0, 0.05) is 11.4 Å². The average Bonchev–Trinajstić information content (AvgIpc) is 2.72.